The Morgan fingerprint density at radius 2 is 1.71 bits per heavy atom. The van der Waals surface area contributed by atoms with Crippen molar-refractivity contribution < 1.29 is 24.5 Å². The van der Waals surface area contributed by atoms with Gasteiger partial charge >= 0.3 is 11.9 Å². The van der Waals surface area contributed by atoms with Gasteiger partial charge < -0.3 is 20.3 Å². The number of unbranched alkanes of at least 4 members (excludes halogenated alkanes) is 3. The van der Waals surface area contributed by atoms with Gasteiger partial charge in [-0.1, -0.05) is 25.0 Å². The topological polar surface area (TPSA) is 95.9 Å². The highest BCUT2D eigenvalue weighted by Crippen LogP contribution is 2.23. The number of hydrogen-bond acceptors (Lipinski definition) is 4. The molecule has 0 fully saturated rings. The van der Waals surface area contributed by atoms with Crippen LogP contribution in [-0.2, 0) is 9.59 Å². The van der Waals surface area contributed by atoms with Gasteiger partial charge in [-0.3, -0.25) is 9.59 Å². The van der Waals surface area contributed by atoms with Crippen LogP contribution in [0.1, 0.15) is 32.1 Å². The van der Waals surface area contributed by atoms with E-state index in [0.29, 0.717) is 24.5 Å². The van der Waals surface area contributed by atoms with E-state index >= 15 is 0 Å². The number of aliphatic carboxylic acids is 2. The predicted molar refractivity (Wildman–Crippen MR) is 78.8 cm³/mol. The number of carbonyl (C=O) groups is 2. The van der Waals surface area contributed by atoms with Crippen LogP contribution in [-0.4, -0.2) is 35.3 Å². The van der Waals surface area contributed by atoms with Crippen molar-refractivity contribution in [3.05, 3.63) is 24.3 Å². The quantitative estimate of drug-likeness (QED) is 0.543. The number of carboxylic acids is 2. The number of carboxylic acid groups (broad SMARTS) is 2. The number of rotatable bonds is 11. The van der Waals surface area contributed by atoms with Crippen LogP contribution in [0.5, 0.6) is 5.75 Å². The van der Waals surface area contributed by atoms with Crippen LogP contribution in [0.3, 0.4) is 0 Å². The number of nitrogens with one attached hydrogen (secondary N) is 1. The van der Waals surface area contributed by atoms with Crippen molar-refractivity contribution in [3.63, 3.8) is 0 Å². The third-order valence-corrected chi connectivity index (χ3v) is 2.86. The average molecular weight is 295 g/mol. The second-order valence-electron chi connectivity index (χ2n) is 4.65. The Kier molecular flexibility index (Phi) is 7.71. The molecule has 0 saturated carbocycles. The lowest BCUT2D eigenvalue weighted by atomic mass is 10.1. The Morgan fingerprint density at radius 1 is 1.00 bits per heavy atom. The van der Waals surface area contributed by atoms with Crippen molar-refractivity contribution in [2.75, 3.05) is 18.5 Å². The molecule has 0 heterocycles. The van der Waals surface area contributed by atoms with Gasteiger partial charge in [0.2, 0.25) is 0 Å². The Hall–Kier alpha value is -2.24. The minimum atomic E-state index is -0.928. The van der Waals surface area contributed by atoms with Crippen LogP contribution in [0.4, 0.5) is 5.69 Å². The maximum Gasteiger partial charge on any atom is 0.322 e. The standard InChI is InChI=1S/C15H21NO5/c17-14(18)9-3-1-2-6-10-21-13-8-5-4-7-12(13)16-11-15(19)20/h4-5,7-8,16H,1-3,6,9-11H2,(H,17,18)(H,19,20). The zero-order valence-corrected chi connectivity index (χ0v) is 11.9. The van der Waals surface area contributed by atoms with E-state index in [4.69, 9.17) is 14.9 Å². The molecule has 0 unspecified atom stereocenters. The summed E-state index contributed by atoms with van der Waals surface area (Å²) in [7, 11) is 0. The zero-order chi connectivity index (χ0) is 15.5. The first-order chi connectivity index (χ1) is 10.1. The summed E-state index contributed by atoms with van der Waals surface area (Å²) in [6, 6.07) is 7.19. The molecule has 6 nitrogen and oxygen atoms in total. The van der Waals surface area contributed by atoms with Crippen molar-refractivity contribution >= 4 is 17.6 Å². The molecule has 6 heteroatoms. The van der Waals surface area contributed by atoms with Gasteiger partial charge in [0.05, 0.1) is 12.3 Å². The lowest BCUT2D eigenvalue weighted by molar-refractivity contribution is -0.137. The zero-order valence-electron chi connectivity index (χ0n) is 11.9. The molecule has 0 spiro atoms. The van der Waals surface area contributed by atoms with Crippen LogP contribution in [0.2, 0.25) is 0 Å². The number of para-hydroxylation sites is 2. The molecule has 0 aliphatic carbocycles. The number of benzene rings is 1. The third-order valence-electron chi connectivity index (χ3n) is 2.86. The molecular formula is C15H21NO5. The molecule has 0 amide bonds. The van der Waals surface area contributed by atoms with Gasteiger partial charge in [0.1, 0.15) is 12.3 Å². The first-order valence-electron chi connectivity index (χ1n) is 6.99. The Morgan fingerprint density at radius 3 is 2.43 bits per heavy atom. The van der Waals surface area contributed by atoms with Gasteiger partial charge in [0, 0.05) is 6.42 Å². The smallest absolute Gasteiger partial charge is 0.322 e. The van der Waals surface area contributed by atoms with Gasteiger partial charge in [-0.15, -0.1) is 0 Å². The first-order valence-corrected chi connectivity index (χ1v) is 6.99. The van der Waals surface area contributed by atoms with E-state index in [1.54, 1.807) is 12.1 Å². The lowest BCUT2D eigenvalue weighted by Crippen LogP contribution is -2.13. The Balaban J connectivity index is 2.25. The van der Waals surface area contributed by atoms with Gasteiger partial charge in [-0.2, -0.15) is 0 Å². The molecule has 0 aromatic heterocycles. The van der Waals surface area contributed by atoms with Crippen molar-refractivity contribution in [1.82, 2.24) is 0 Å². The molecule has 0 aliphatic heterocycles. The summed E-state index contributed by atoms with van der Waals surface area (Å²) in [6.45, 7) is 0.369. The summed E-state index contributed by atoms with van der Waals surface area (Å²) in [5.74, 6) is -1.06. The van der Waals surface area contributed by atoms with E-state index in [1.165, 1.54) is 0 Å². The number of hydrogen-bond donors (Lipinski definition) is 3. The minimum absolute atomic E-state index is 0.157. The van der Waals surface area contributed by atoms with E-state index in [1.807, 2.05) is 12.1 Å². The lowest BCUT2D eigenvalue weighted by Gasteiger charge is -2.12. The van der Waals surface area contributed by atoms with Crippen LogP contribution in [0, 0.1) is 0 Å². The molecule has 1 aromatic carbocycles. The van der Waals surface area contributed by atoms with Crippen LogP contribution in [0.15, 0.2) is 24.3 Å². The molecule has 0 atom stereocenters. The highest BCUT2D eigenvalue weighted by molar-refractivity contribution is 5.73. The van der Waals surface area contributed by atoms with Crippen LogP contribution >= 0.6 is 0 Å². The largest absolute Gasteiger partial charge is 0.491 e. The summed E-state index contributed by atoms with van der Waals surface area (Å²) in [6.07, 6.45) is 3.52. The van der Waals surface area contributed by atoms with E-state index in [-0.39, 0.29) is 13.0 Å². The molecule has 1 rings (SSSR count). The molecule has 0 radical (unpaired) electrons. The third kappa shape index (κ3) is 7.81. The highest BCUT2D eigenvalue weighted by Gasteiger charge is 2.04. The SMILES string of the molecule is O=C(O)CCCCCCOc1ccccc1NCC(=O)O. The predicted octanol–water partition coefficient (Wildman–Crippen LogP) is 2.60. The van der Waals surface area contributed by atoms with Gasteiger partial charge in [0.15, 0.2) is 0 Å². The summed E-state index contributed by atoms with van der Waals surface area (Å²) < 4.78 is 5.63. The van der Waals surface area contributed by atoms with Gasteiger partial charge in [0.25, 0.3) is 0 Å². The fraction of sp³-hybridized carbons (Fsp3) is 0.467. The molecular weight excluding hydrogens is 274 g/mol. The number of anilines is 1. The maximum atomic E-state index is 10.5. The van der Waals surface area contributed by atoms with Crippen molar-refractivity contribution in [2.24, 2.45) is 0 Å². The van der Waals surface area contributed by atoms with Gasteiger partial charge in [-0.25, -0.2) is 0 Å². The molecule has 3 N–H and O–H groups in total. The normalized spacial score (nSPS) is 10.1. The summed E-state index contributed by atoms with van der Waals surface area (Å²) in [5.41, 5.74) is 0.658. The second kappa shape index (κ2) is 9.63. The van der Waals surface area contributed by atoms with Crippen molar-refractivity contribution in [3.8, 4) is 5.75 Å². The van der Waals surface area contributed by atoms with Crippen LogP contribution in [0.25, 0.3) is 0 Å². The molecule has 0 aliphatic rings. The first kappa shape index (κ1) is 16.8. The van der Waals surface area contributed by atoms with E-state index in [9.17, 15) is 9.59 Å². The molecule has 21 heavy (non-hydrogen) atoms. The Bertz CT molecular complexity index is 461. The van der Waals surface area contributed by atoms with Gasteiger partial charge in [-0.05, 0) is 25.0 Å². The average Bonchev–Trinajstić information content (AvgIpc) is 2.44. The fourth-order valence-electron chi connectivity index (χ4n) is 1.82. The summed E-state index contributed by atoms with van der Waals surface area (Å²) in [4.78, 5) is 20.9. The summed E-state index contributed by atoms with van der Waals surface area (Å²) >= 11 is 0. The highest BCUT2D eigenvalue weighted by atomic mass is 16.5. The van der Waals surface area contributed by atoms with Crippen molar-refractivity contribution in [2.45, 2.75) is 32.1 Å². The molecule has 1 aromatic rings. The summed E-state index contributed by atoms with van der Waals surface area (Å²) in [5, 5.41) is 20.0. The van der Waals surface area contributed by atoms with Crippen molar-refractivity contribution in [1.29, 1.82) is 0 Å². The molecule has 0 saturated heterocycles. The maximum absolute atomic E-state index is 10.5. The van der Waals surface area contributed by atoms with E-state index in [2.05, 4.69) is 5.32 Å². The van der Waals surface area contributed by atoms with E-state index in [0.717, 1.165) is 19.3 Å². The Labute approximate surface area is 123 Å². The fourth-order valence-corrected chi connectivity index (χ4v) is 1.82. The monoisotopic (exact) mass is 295 g/mol. The molecule has 116 valence electrons. The van der Waals surface area contributed by atoms with Crippen LogP contribution < -0.4 is 10.1 Å². The number of ether oxygens (including phenoxy) is 1. The molecule has 0 bridgehead atoms. The van der Waals surface area contributed by atoms with E-state index < -0.39 is 11.9 Å². The second-order valence-corrected chi connectivity index (χ2v) is 4.65. The minimum Gasteiger partial charge on any atom is -0.491 e.